The summed E-state index contributed by atoms with van der Waals surface area (Å²) >= 11 is 0. The first-order valence-electron chi connectivity index (χ1n) is 5.99. The first kappa shape index (κ1) is 12.4. The lowest BCUT2D eigenvalue weighted by Gasteiger charge is -2.12. The molecule has 0 saturated carbocycles. The Labute approximate surface area is 107 Å². The summed E-state index contributed by atoms with van der Waals surface area (Å²) in [6.07, 6.45) is 0.0789. The molecule has 3 nitrogen and oxygen atoms in total. The molecule has 0 spiro atoms. The molecule has 0 aliphatic rings. The van der Waals surface area contributed by atoms with Crippen LogP contribution in [0.15, 0.2) is 36.4 Å². The minimum atomic E-state index is -0.789. The molecular formula is C15H17NO2. The van der Waals surface area contributed by atoms with Crippen molar-refractivity contribution in [3.05, 3.63) is 58.9 Å². The van der Waals surface area contributed by atoms with Crippen molar-refractivity contribution < 1.29 is 9.90 Å². The van der Waals surface area contributed by atoms with E-state index in [-0.39, 0.29) is 6.42 Å². The van der Waals surface area contributed by atoms with E-state index in [9.17, 15) is 4.79 Å². The molecule has 0 aliphatic carbocycles. The number of hydrogen-bond acceptors (Lipinski definition) is 1. The van der Waals surface area contributed by atoms with Crippen LogP contribution in [0.5, 0.6) is 0 Å². The summed E-state index contributed by atoms with van der Waals surface area (Å²) in [6, 6.07) is 11.9. The van der Waals surface area contributed by atoms with Crippen molar-refractivity contribution in [2.45, 2.75) is 26.8 Å². The van der Waals surface area contributed by atoms with E-state index in [0.717, 1.165) is 17.7 Å². The number of carboxylic acids is 1. The van der Waals surface area contributed by atoms with Crippen LogP contribution in [-0.4, -0.2) is 15.6 Å². The highest BCUT2D eigenvalue weighted by atomic mass is 16.4. The zero-order chi connectivity index (χ0) is 13.1. The number of aromatic nitrogens is 1. The molecule has 94 valence electrons. The van der Waals surface area contributed by atoms with Gasteiger partial charge in [0, 0.05) is 17.9 Å². The van der Waals surface area contributed by atoms with Gasteiger partial charge in [-0.3, -0.25) is 4.79 Å². The molecule has 1 aromatic heterocycles. The number of nitrogens with zero attached hydrogens (tertiary/aromatic N) is 1. The van der Waals surface area contributed by atoms with Crippen molar-refractivity contribution in [3.8, 4) is 0 Å². The molecule has 0 unspecified atom stereocenters. The molecule has 2 rings (SSSR count). The van der Waals surface area contributed by atoms with Gasteiger partial charge >= 0.3 is 5.97 Å². The molecule has 0 aliphatic heterocycles. The minimum absolute atomic E-state index is 0.0789. The molecule has 0 amide bonds. The summed E-state index contributed by atoms with van der Waals surface area (Å²) in [5.74, 6) is -0.789. The summed E-state index contributed by atoms with van der Waals surface area (Å²) in [7, 11) is 0. The third kappa shape index (κ3) is 2.62. The molecule has 1 N–H and O–H groups in total. The van der Waals surface area contributed by atoms with E-state index in [1.54, 1.807) is 0 Å². The van der Waals surface area contributed by atoms with E-state index in [0.29, 0.717) is 0 Å². The van der Waals surface area contributed by atoms with Crippen LogP contribution in [0.1, 0.15) is 22.5 Å². The van der Waals surface area contributed by atoms with Crippen molar-refractivity contribution in [3.63, 3.8) is 0 Å². The number of hydrogen-bond donors (Lipinski definition) is 1. The maximum atomic E-state index is 10.9. The van der Waals surface area contributed by atoms with Crippen LogP contribution in [0.3, 0.4) is 0 Å². The van der Waals surface area contributed by atoms with E-state index in [2.05, 4.69) is 30.5 Å². The lowest BCUT2D eigenvalue weighted by Crippen LogP contribution is -2.09. The van der Waals surface area contributed by atoms with Gasteiger partial charge in [-0.2, -0.15) is 0 Å². The van der Waals surface area contributed by atoms with E-state index < -0.39 is 5.97 Å². The van der Waals surface area contributed by atoms with Gasteiger partial charge in [0.05, 0.1) is 6.42 Å². The molecule has 1 heterocycles. The Hall–Kier alpha value is -2.03. The van der Waals surface area contributed by atoms with Crippen molar-refractivity contribution in [2.75, 3.05) is 0 Å². The van der Waals surface area contributed by atoms with Crippen LogP contribution in [0.4, 0.5) is 0 Å². The lowest BCUT2D eigenvalue weighted by molar-refractivity contribution is -0.136. The van der Waals surface area contributed by atoms with Gasteiger partial charge in [-0.1, -0.05) is 24.3 Å². The third-order valence-electron chi connectivity index (χ3n) is 3.21. The summed E-state index contributed by atoms with van der Waals surface area (Å²) in [6.45, 7) is 4.85. The molecular weight excluding hydrogens is 226 g/mol. The third-order valence-corrected chi connectivity index (χ3v) is 3.21. The van der Waals surface area contributed by atoms with Gasteiger partial charge in [0.1, 0.15) is 0 Å². The predicted octanol–water partition coefficient (Wildman–Crippen LogP) is 2.78. The smallest absolute Gasteiger partial charge is 0.307 e. The average molecular weight is 243 g/mol. The fourth-order valence-electron chi connectivity index (χ4n) is 2.17. The van der Waals surface area contributed by atoms with E-state index in [1.165, 1.54) is 11.4 Å². The second kappa shape index (κ2) is 5.08. The summed E-state index contributed by atoms with van der Waals surface area (Å²) in [4.78, 5) is 10.9. The van der Waals surface area contributed by atoms with E-state index in [4.69, 9.17) is 5.11 Å². The van der Waals surface area contributed by atoms with E-state index >= 15 is 0 Å². The minimum Gasteiger partial charge on any atom is -0.481 e. The molecule has 18 heavy (non-hydrogen) atoms. The van der Waals surface area contributed by atoms with Crippen molar-refractivity contribution in [1.82, 2.24) is 4.57 Å². The van der Waals surface area contributed by atoms with Gasteiger partial charge in [-0.15, -0.1) is 0 Å². The molecule has 2 aromatic rings. The maximum absolute atomic E-state index is 10.9. The van der Waals surface area contributed by atoms with Crippen LogP contribution < -0.4 is 0 Å². The molecule has 0 bridgehead atoms. The first-order chi connectivity index (χ1) is 8.58. The van der Waals surface area contributed by atoms with Gasteiger partial charge in [-0.25, -0.2) is 0 Å². The number of benzene rings is 1. The monoisotopic (exact) mass is 243 g/mol. The fourth-order valence-corrected chi connectivity index (χ4v) is 2.17. The first-order valence-corrected chi connectivity index (χ1v) is 5.99. The Morgan fingerprint density at radius 3 is 2.17 bits per heavy atom. The van der Waals surface area contributed by atoms with Gasteiger partial charge in [-0.05, 0) is 37.1 Å². The van der Waals surface area contributed by atoms with Crippen molar-refractivity contribution >= 4 is 5.97 Å². The Morgan fingerprint density at radius 1 is 1.06 bits per heavy atom. The van der Waals surface area contributed by atoms with Gasteiger partial charge in [0.2, 0.25) is 0 Å². The maximum Gasteiger partial charge on any atom is 0.307 e. The highest BCUT2D eigenvalue weighted by Gasteiger charge is 2.08. The largest absolute Gasteiger partial charge is 0.481 e. The summed E-state index contributed by atoms with van der Waals surface area (Å²) in [5.41, 5.74) is 4.34. The van der Waals surface area contributed by atoms with Crippen LogP contribution in [0, 0.1) is 13.8 Å². The summed E-state index contributed by atoms with van der Waals surface area (Å²) in [5, 5.41) is 8.92. The molecule has 3 heteroatoms. The number of rotatable bonds is 4. The SMILES string of the molecule is Cc1ccc(C)n1Cc1ccccc1CC(=O)O. The van der Waals surface area contributed by atoms with Crippen LogP contribution >= 0.6 is 0 Å². The number of aliphatic carboxylic acids is 1. The molecule has 0 radical (unpaired) electrons. The normalized spacial score (nSPS) is 10.6. The van der Waals surface area contributed by atoms with Crippen molar-refractivity contribution in [1.29, 1.82) is 0 Å². The standard InChI is InChI=1S/C15H17NO2/c1-11-7-8-12(2)16(11)10-14-6-4-3-5-13(14)9-15(17)18/h3-8H,9-10H2,1-2H3,(H,17,18). The average Bonchev–Trinajstić information content (AvgIpc) is 2.62. The topological polar surface area (TPSA) is 42.2 Å². The second-order valence-corrected chi connectivity index (χ2v) is 4.54. The number of carbonyl (C=O) groups is 1. The predicted molar refractivity (Wildman–Crippen MR) is 70.8 cm³/mol. The molecule has 1 aromatic carbocycles. The van der Waals surface area contributed by atoms with Crippen LogP contribution in [0.2, 0.25) is 0 Å². The van der Waals surface area contributed by atoms with Crippen LogP contribution in [0.25, 0.3) is 0 Å². The van der Waals surface area contributed by atoms with Crippen LogP contribution in [-0.2, 0) is 17.8 Å². The van der Waals surface area contributed by atoms with Gasteiger partial charge in [0.15, 0.2) is 0 Å². The Balaban J connectivity index is 2.32. The van der Waals surface area contributed by atoms with E-state index in [1.807, 2.05) is 24.3 Å². The number of aryl methyl sites for hydroxylation is 2. The molecule has 0 fully saturated rings. The van der Waals surface area contributed by atoms with Gasteiger partial charge in [0.25, 0.3) is 0 Å². The highest BCUT2D eigenvalue weighted by Crippen LogP contribution is 2.15. The lowest BCUT2D eigenvalue weighted by atomic mass is 10.0. The number of carboxylic acid groups (broad SMARTS) is 1. The Morgan fingerprint density at radius 2 is 1.61 bits per heavy atom. The Kier molecular flexibility index (Phi) is 3.51. The second-order valence-electron chi connectivity index (χ2n) is 4.54. The summed E-state index contributed by atoms with van der Waals surface area (Å²) < 4.78 is 2.20. The van der Waals surface area contributed by atoms with Crippen molar-refractivity contribution in [2.24, 2.45) is 0 Å². The zero-order valence-corrected chi connectivity index (χ0v) is 10.7. The zero-order valence-electron chi connectivity index (χ0n) is 10.7. The highest BCUT2D eigenvalue weighted by molar-refractivity contribution is 5.70. The quantitative estimate of drug-likeness (QED) is 0.897. The Bertz CT molecular complexity index is 550. The fraction of sp³-hybridized carbons (Fsp3) is 0.267. The molecule has 0 saturated heterocycles. The van der Waals surface area contributed by atoms with Gasteiger partial charge < -0.3 is 9.67 Å². The molecule has 0 atom stereocenters.